The largest absolute Gasteiger partial charge is 0.421 e. The molecular weight excluding hydrogens is 335 g/mol. The normalized spacial score (nSPS) is 11.9. The van der Waals surface area contributed by atoms with Crippen LogP contribution in [-0.4, -0.2) is 26.8 Å². The highest BCUT2D eigenvalue weighted by Crippen LogP contribution is 2.34. The van der Waals surface area contributed by atoms with Gasteiger partial charge in [-0.15, -0.1) is 0 Å². The fourth-order valence-corrected chi connectivity index (χ4v) is 2.07. The molecule has 10 heteroatoms. The summed E-state index contributed by atoms with van der Waals surface area (Å²) in [6, 6.07) is 2.13. The third-order valence-electron chi connectivity index (χ3n) is 3.55. The molecule has 0 atom stereocenters. The molecule has 0 radical (unpaired) electrons. The molecule has 0 aliphatic rings. The van der Waals surface area contributed by atoms with Crippen LogP contribution in [0.1, 0.15) is 32.0 Å². The van der Waals surface area contributed by atoms with Crippen molar-refractivity contribution in [1.82, 2.24) is 19.7 Å². The first-order valence-corrected chi connectivity index (χ1v) is 7.51. The predicted octanol–water partition coefficient (Wildman–Crippen LogP) is 3.30. The summed E-state index contributed by atoms with van der Waals surface area (Å²) in [6.07, 6.45) is -1.65. The lowest BCUT2D eigenvalue weighted by Gasteiger charge is -2.15. The highest BCUT2D eigenvalue weighted by atomic mass is 19.4. The van der Waals surface area contributed by atoms with Crippen molar-refractivity contribution in [2.45, 2.75) is 38.9 Å². The zero-order valence-electron chi connectivity index (χ0n) is 14.2. The molecule has 2 heterocycles. The molecule has 0 amide bonds. The molecule has 2 aromatic rings. The third-order valence-corrected chi connectivity index (χ3v) is 3.55. The van der Waals surface area contributed by atoms with Crippen molar-refractivity contribution >= 4 is 17.5 Å². The first-order chi connectivity index (χ1) is 11.6. The van der Waals surface area contributed by atoms with E-state index in [-0.39, 0.29) is 11.8 Å². The molecule has 134 valence electrons. The SMILES string of the molecule is CCc1nn(C(C)(C)C#N)cc1Nc1ncc(C(F)(F)F)c(NC)n1. The summed E-state index contributed by atoms with van der Waals surface area (Å²) in [5, 5.41) is 18.9. The minimum Gasteiger partial charge on any atom is -0.372 e. The van der Waals surface area contributed by atoms with Crippen LogP contribution < -0.4 is 10.6 Å². The molecule has 0 fully saturated rings. The Hall–Kier alpha value is -2.83. The van der Waals surface area contributed by atoms with Crippen molar-refractivity contribution in [3.05, 3.63) is 23.7 Å². The molecule has 0 aliphatic heterocycles. The number of hydrogen-bond acceptors (Lipinski definition) is 6. The summed E-state index contributed by atoms with van der Waals surface area (Å²) in [4.78, 5) is 7.60. The number of alkyl halides is 3. The highest BCUT2D eigenvalue weighted by Gasteiger charge is 2.35. The van der Waals surface area contributed by atoms with Crippen molar-refractivity contribution in [2.75, 3.05) is 17.7 Å². The molecule has 0 aromatic carbocycles. The fourth-order valence-electron chi connectivity index (χ4n) is 2.07. The molecule has 0 unspecified atom stereocenters. The highest BCUT2D eigenvalue weighted by molar-refractivity contribution is 5.58. The van der Waals surface area contributed by atoms with Crippen LogP contribution in [0.25, 0.3) is 0 Å². The second kappa shape index (κ2) is 6.58. The van der Waals surface area contributed by atoms with E-state index in [1.54, 1.807) is 20.0 Å². The van der Waals surface area contributed by atoms with Crippen LogP contribution in [0, 0.1) is 11.3 Å². The lowest BCUT2D eigenvalue weighted by Crippen LogP contribution is -2.24. The summed E-state index contributed by atoms with van der Waals surface area (Å²) in [5.41, 5.74) is -0.621. The summed E-state index contributed by atoms with van der Waals surface area (Å²) >= 11 is 0. The maximum atomic E-state index is 12.9. The topological polar surface area (TPSA) is 91.5 Å². The first-order valence-electron chi connectivity index (χ1n) is 7.51. The molecule has 2 N–H and O–H groups in total. The van der Waals surface area contributed by atoms with Crippen LogP contribution in [-0.2, 0) is 18.1 Å². The fraction of sp³-hybridized carbons (Fsp3) is 0.467. The number of rotatable bonds is 5. The van der Waals surface area contributed by atoms with Crippen LogP contribution in [0.5, 0.6) is 0 Å². The number of hydrogen-bond donors (Lipinski definition) is 2. The van der Waals surface area contributed by atoms with Crippen molar-refractivity contribution in [3.63, 3.8) is 0 Å². The van der Waals surface area contributed by atoms with E-state index in [4.69, 9.17) is 0 Å². The van der Waals surface area contributed by atoms with E-state index >= 15 is 0 Å². The molecule has 2 rings (SSSR count). The van der Waals surface area contributed by atoms with Gasteiger partial charge in [-0.25, -0.2) is 4.98 Å². The van der Waals surface area contributed by atoms with Crippen molar-refractivity contribution in [1.29, 1.82) is 5.26 Å². The Bertz CT molecular complexity index is 802. The number of nitrogens with one attached hydrogen (secondary N) is 2. The van der Waals surface area contributed by atoms with Crippen molar-refractivity contribution in [2.24, 2.45) is 0 Å². The average molecular weight is 353 g/mol. The maximum Gasteiger partial charge on any atom is 0.421 e. The molecule has 0 saturated heterocycles. The van der Waals surface area contributed by atoms with Crippen molar-refractivity contribution in [3.8, 4) is 6.07 Å². The Morgan fingerprint density at radius 1 is 1.32 bits per heavy atom. The van der Waals surface area contributed by atoms with Gasteiger partial charge in [0.25, 0.3) is 0 Å². The van der Waals surface area contributed by atoms with Crippen LogP contribution >= 0.6 is 0 Å². The van der Waals surface area contributed by atoms with E-state index in [0.717, 1.165) is 6.20 Å². The van der Waals surface area contributed by atoms with E-state index < -0.39 is 17.3 Å². The second-order valence-electron chi connectivity index (χ2n) is 5.79. The molecular formula is C15H18F3N7. The summed E-state index contributed by atoms with van der Waals surface area (Å²) < 4.78 is 40.2. The molecule has 0 aliphatic carbocycles. The third kappa shape index (κ3) is 3.81. The van der Waals surface area contributed by atoms with E-state index in [0.29, 0.717) is 17.8 Å². The van der Waals surface area contributed by atoms with Crippen LogP contribution in [0.2, 0.25) is 0 Å². The Labute approximate surface area is 142 Å². The molecule has 0 bridgehead atoms. The Balaban J connectivity index is 2.39. The minimum absolute atomic E-state index is 0.00126. The van der Waals surface area contributed by atoms with E-state index in [2.05, 4.69) is 31.8 Å². The van der Waals surface area contributed by atoms with E-state index in [1.807, 2.05) is 6.92 Å². The van der Waals surface area contributed by atoms with Gasteiger partial charge in [-0.05, 0) is 20.3 Å². The lowest BCUT2D eigenvalue weighted by atomic mass is 10.1. The molecule has 0 saturated carbocycles. The van der Waals surface area contributed by atoms with Gasteiger partial charge in [-0.3, -0.25) is 4.68 Å². The number of aryl methyl sites for hydroxylation is 1. The minimum atomic E-state index is -4.55. The summed E-state index contributed by atoms with van der Waals surface area (Å²) in [6.45, 7) is 5.29. The van der Waals surface area contributed by atoms with Gasteiger partial charge in [0.2, 0.25) is 5.95 Å². The summed E-state index contributed by atoms with van der Waals surface area (Å²) in [7, 11) is 1.35. The van der Waals surface area contributed by atoms with Gasteiger partial charge in [0.1, 0.15) is 16.9 Å². The number of nitriles is 1. The Morgan fingerprint density at radius 3 is 2.52 bits per heavy atom. The van der Waals surface area contributed by atoms with Gasteiger partial charge in [0, 0.05) is 13.2 Å². The van der Waals surface area contributed by atoms with Crippen molar-refractivity contribution < 1.29 is 13.2 Å². The Kier molecular flexibility index (Phi) is 4.87. The Morgan fingerprint density at radius 2 is 2.00 bits per heavy atom. The predicted molar refractivity (Wildman–Crippen MR) is 86.4 cm³/mol. The monoisotopic (exact) mass is 353 g/mol. The van der Waals surface area contributed by atoms with Gasteiger partial charge in [0.05, 0.1) is 23.6 Å². The second-order valence-corrected chi connectivity index (χ2v) is 5.79. The van der Waals surface area contributed by atoms with Crippen LogP contribution in [0.4, 0.5) is 30.6 Å². The van der Waals surface area contributed by atoms with Crippen LogP contribution in [0.15, 0.2) is 12.4 Å². The van der Waals surface area contributed by atoms with Gasteiger partial charge in [0.15, 0.2) is 0 Å². The number of halogens is 3. The first kappa shape index (κ1) is 18.5. The van der Waals surface area contributed by atoms with Gasteiger partial charge in [-0.1, -0.05) is 6.92 Å². The number of nitrogens with zero attached hydrogens (tertiary/aromatic N) is 5. The average Bonchev–Trinajstić information content (AvgIpc) is 2.97. The number of anilines is 3. The molecule has 2 aromatic heterocycles. The zero-order chi connectivity index (χ0) is 18.8. The number of aromatic nitrogens is 4. The van der Waals surface area contributed by atoms with Crippen LogP contribution in [0.3, 0.4) is 0 Å². The molecule has 7 nitrogen and oxygen atoms in total. The smallest absolute Gasteiger partial charge is 0.372 e. The standard InChI is InChI=1S/C15H18F3N7/c1-5-10-11(7-25(24-10)14(2,3)8-19)22-13-21-6-9(15(16,17)18)12(20-4)23-13/h6-7H,5H2,1-4H3,(H2,20,21,22,23). The van der Waals surface area contributed by atoms with Gasteiger partial charge < -0.3 is 10.6 Å². The zero-order valence-corrected chi connectivity index (χ0v) is 14.2. The lowest BCUT2D eigenvalue weighted by molar-refractivity contribution is -0.137. The molecule has 0 spiro atoms. The summed E-state index contributed by atoms with van der Waals surface area (Å²) in [5.74, 6) is -0.325. The maximum absolute atomic E-state index is 12.9. The van der Waals surface area contributed by atoms with Gasteiger partial charge in [-0.2, -0.15) is 28.5 Å². The van der Waals surface area contributed by atoms with E-state index in [9.17, 15) is 18.4 Å². The van der Waals surface area contributed by atoms with E-state index in [1.165, 1.54) is 11.7 Å². The molecule has 25 heavy (non-hydrogen) atoms. The van der Waals surface area contributed by atoms with Gasteiger partial charge >= 0.3 is 6.18 Å². The quantitative estimate of drug-likeness (QED) is 0.857.